The number of nitrogens with zero attached hydrogens (tertiary/aromatic N) is 2. The summed E-state index contributed by atoms with van der Waals surface area (Å²) in [4.78, 5) is 49.7. The maximum absolute atomic E-state index is 11.8. The largest absolute Gasteiger partial charge is 0.459 e. The molecule has 0 N–H and O–H groups in total. The van der Waals surface area contributed by atoms with E-state index in [1.807, 2.05) is 0 Å². The molecular weight excluding hydrogens is 400 g/mol. The number of amides is 2. The van der Waals surface area contributed by atoms with Gasteiger partial charge in [-0.25, -0.2) is 19.2 Å². The molecule has 0 radical (unpaired) electrons. The quantitative estimate of drug-likeness (QED) is 0.238. The topological polar surface area (TPSA) is 121 Å². The lowest BCUT2D eigenvalue weighted by atomic mass is 10.1. The number of carbonyl (C=O) groups excluding carboxylic acids is 4. The lowest BCUT2D eigenvalue weighted by Crippen LogP contribution is -2.41. The minimum Gasteiger partial charge on any atom is -0.459 e. The van der Waals surface area contributed by atoms with Gasteiger partial charge in [-0.3, -0.25) is 0 Å². The maximum Gasteiger partial charge on any atom is 0.410 e. The second-order valence-corrected chi connectivity index (χ2v) is 6.54. The molecule has 0 aromatic heterocycles. The summed E-state index contributed by atoms with van der Waals surface area (Å²) in [6, 6.07) is 0. The maximum atomic E-state index is 11.8. The van der Waals surface area contributed by atoms with Gasteiger partial charge in [-0.1, -0.05) is 0 Å². The van der Waals surface area contributed by atoms with Crippen LogP contribution in [0, 0.1) is 0 Å². The summed E-state index contributed by atoms with van der Waals surface area (Å²) in [6.07, 6.45) is 3.94. The van der Waals surface area contributed by atoms with Crippen LogP contribution in [0.2, 0.25) is 0 Å². The first-order valence-electron chi connectivity index (χ1n) is 9.99. The van der Waals surface area contributed by atoms with E-state index < -0.39 is 24.1 Å². The normalized spacial score (nSPS) is 16.8. The molecule has 2 aliphatic heterocycles. The number of carbonyl (C=O) groups is 4. The van der Waals surface area contributed by atoms with Crippen LogP contribution in [-0.4, -0.2) is 99.7 Å². The number of hydrogen-bond donors (Lipinski definition) is 0. The molecule has 0 bridgehead atoms. The predicted molar refractivity (Wildman–Crippen MR) is 102 cm³/mol. The van der Waals surface area contributed by atoms with Gasteiger partial charge in [0.05, 0.1) is 13.2 Å². The molecule has 168 valence electrons. The fourth-order valence-corrected chi connectivity index (χ4v) is 2.78. The van der Waals surface area contributed by atoms with E-state index in [1.165, 1.54) is 4.90 Å². The van der Waals surface area contributed by atoms with Gasteiger partial charge in [0, 0.05) is 38.3 Å². The highest BCUT2D eigenvalue weighted by molar-refractivity contribution is 5.91. The van der Waals surface area contributed by atoms with Gasteiger partial charge in [-0.15, -0.1) is 0 Å². The number of likely N-dealkylation sites (tertiary alicyclic amines) is 1. The molecule has 30 heavy (non-hydrogen) atoms. The zero-order valence-electron chi connectivity index (χ0n) is 16.9. The van der Waals surface area contributed by atoms with Crippen LogP contribution >= 0.6 is 0 Å². The van der Waals surface area contributed by atoms with Crippen molar-refractivity contribution in [1.82, 2.24) is 9.80 Å². The van der Waals surface area contributed by atoms with E-state index in [0.29, 0.717) is 39.4 Å². The zero-order chi connectivity index (χ0) is 21.6. The van der Waals surface area contributed by atoms with Gasteiger partial charge in [-0.05, 0) is 19.3 Å². The van der Waals surface area contributed by atoms with Crippen LogP contribution in [0.4, 0.5) is 9.59 Å². The summed E-state index contributed by atoms with van der Waals surface area (Å²) in [5.74, 6) is -1.54. The van der Waals surface area contributed by atoms with Crippen LogP contribution in [0.25, 0.3) is 0 Å². The monoisotopic (exact) mass is 428 g/mol. The summed E-state index contributed by atoms with van der Waals surface area (Å²) in [6.45, 7) is 2.79. The van der Waals surface area contributed by atoms with Crippen molar-refractivity contribution in [3.8, 4) is 0 Å². The van der Waals surface area contributed by atoms with Crippen LogP contribution < -0.4 is 0 Å². The van der Waals surface area contributed by atoms with Gasteiger partial charge in [0.25, 0.3) is 0 Å². The Labute approximate surface area is 174 Å². The Bertz CT molecular complexity index is 559. The molecule has 0 unspecified atom stereocenters. The van der Waals surface area contributed by atoms with Gasteiger partial charge >= 0.3 is 24.1 Å². The molecule has 11 nitrogen and oxygen atoms in total. The number of morpholine rings is 1. The molecule has 2 rings (SSSR count). The van der Waals surface area contributed by atoms with Gasteiger partial charge in [0.2, 0.25) is 0 Å². The van der Waals surface area contributed by atoms with E-state index >= 15 is 0 Å². The van der Waals surface area contributed by atoms with E-state index in [0.717, 1.165) is 31.4 Å². The van der Waals surface area contributed by atoms with Crippen LogP contribution in [0.5, 0.6) is 0 Å². The van der Waals surface area contributed by atoms with Crippen molar-refractivity contribution in [2.45, 2.75) is 19.3 Å². The standard InChI is InChI=1S/C19H28N2O9/c22-16(27-12-14-29-18(24)20-6-2-1-3-7-20)4-5-17(23)28-13-15-30-19(25)21-8-10-26-11-9-21/h4-5H,1-3,6-15H2/b5-4+. The van der Waals surface area contributed by atoms with E-state index in [1.54, 1.807) is 4.90 Å². The second-order valence-electron chi connectivity index (χ2n) is 6.54. The number of hydrogen-bond acceptors (Lipinski definition) is 9. The molecule has 0 aliphatic carbocycles. The highest BCUT2D eigenvalue weighted by Crippen LogP contribution is 2.09. The van der Waals surface area contributed by atoms with Crippen LogP contribution in [0.3, 0.4) is 0 Å². The van der Waals surface area contributed by atoms with Crippen molar-refractivity contribution >= 4 is 24.1 Å². The SMILES string of the molecule is O=C(/C=C/C(=O)OCCOC(=O)N1CCOCC1)OCCOC(=O)N1CCCCC1. The molecule has 2 aliphatic rings. The number of esters is 2. The lowest BCUT2D eigenvalue weighted by molar-refractivity contribution is -0.141. The first-order valence-corrected chi connectivity index (χ1v) is 9.99. The third-order valence-corrected chi connectivity index (χ3v) is 4.35. The van der Waals surface area contributed by atoms with Crippen molar-refractivity contribution in [2.75, 3.05) is 65.8 Å². The lowest BCUT2D eigenvalue weighted by Gasteiger charge is -2.25. The van der Waals surface area contributed by atoms with Crippen molar-refractivity contribution < 1.29 is 42.9 Å². The summed E-state index contributed by atoms with van der Waals surface area (Å²) < 4.78 is 24.8. The van der Waals surface area contributed by atoms with Gasteiger partial charge < -0.3 is 33.5 Å². The third-order valence-electron chi connectivity index (χ3n) is 4.35. The Hall–Kier alpha value is -2.82. The smallest absolute Gasteiger partial charge is 0.410 e. The Kier molecular flexibility index (Phi) is 10.5. The summed E-state index contributed by atoms with van der Waals surface area (Å²) in [7, 11) is 0. The van der Waals surface area contributed by atoms with Crippen molar-refractivity contribution in [3.05, 3.63) is 12.2 Å². The molecule has 0 aromatic carbocycles. The van der Waals surface area contributed by atoms with Crippen LogP contribution in [0.15, 0.2) is 12.2 Å². The summed E-state index contributed by atoms with van der Waals surface area (Å²) in [5, 5.41) is 0. The van der Waals surface area contributed by atoms with Gasteiger partial charge in [0.15, 0.2) is 0 Å². The number of ether oxygens (including phenoxy) is 5. The zero-order valence-corrected chi connectivity index (χ0v) is 16.9. The Morgan fingerprint density at radius 3 is 1.57 bits per heavy atom. The minimum atomic E-state index is -0.772. The summed E-state index contributed by atoms with van der Waals surface area (Å²) >= 11 is 0. The first kappa shape index (κ1) is 23.5. The molecular formula is C19H28N2O9. The molecule has 0 saturated carbocycles. The average molecular weight is 428 g/mol. The molecule has 0 atom stereocenters. The van der Waals surface area contributed by atoms with E-state index in [4.69, 9.17) is 23.7 Å². The van der Waals surface area contributed by atoms with Crippen molar-refractivity contribution in [3.63, 3.8) is 0 Å². The third kappa shape index (κ3) is 9.12. The molecule has 2 fully saturated rings. The Balaban J connectivity index is 1.49. The second kappa shape index (κ2) is 13.4. The molecule has 2 amide bonds. The molecule has 0 spiro atoms. The molecule has 2 saturated heterocycles. The fourth-order valence-electron chi connectivity index (χ4n) is 2.78. The van der Waals surface area contributed by atoms with Crippen LogP contribution in [0.1, 0.15) is 19.3 Å². The highest BCUT2D eigenvalue weighted by atomic mass is 16.6. The van der Waals surface area contributed by atoms with E-state index in [9.17, 15) is 19.2 Å². The number of piperidine rings is 1. The van der Waals surface area contributed by atoms with Crippen molar-refractivity contribution in [2.24, 2.45) is 0 Å². The van der Waals surface area contributed by atoms with E-state index in [2.05, 4.69) is 0 Å². The summed E-state index contributed by atoms with van der Waals surface area (Å²) in [5.41, 5.74) is 0. The Morgan fingerprint density at radius 2 is 1.07 bits per heavy atom. The Morgan fingerprint density at radius 1 is 0.633 bits per heavy atom. The molecule has 2 heterocycles. The van der Waals surface area contributed by atoms with Crippen LogP contribution in [-0.2, 0) is 33.3 Å². The van der Waals surface area contributed by atoms with Gasteiger partial charge in [-0.2, -0.15) is 0 Å². The molecule has 0 aromatic rings. The van der Waals surface area contributed by atoms with Crippen molar-refractivity contribution in [1.29, 1.82) is 0 Å². The minimum absolute atomic E-state index is 0.0616. The predicted octanol–water partition coefficient (Wildman–Crippen LogP) is 0.720. The highest BCUT2D eigenvalue weighted by Gasteiger charge is 2.18. The average Bonchev–Trinajstić information content (AvgIpc) is 2.79. The van der Waals surface area contributed by atoms with Gasteiger partial charge in [0.1, 0.15) is 26.4 Å². The molecule has 11 heteroatoms. The van der Waals surface area contributed by atoms with E-state index in [-0.39, 0.29) is 26.4 Å². The fraction of sp³-hybridized carbons (Fsp3) is 0.684. The number of rotatable bonds is 8. The first-order chi connectivity index (χ1) is 14.6.